The van der Waals surface area contributed by atoms with Crippen LogP contribution in [0.4, 0.5) is 5.69 Å². The van der Waals surface area contributed by atoms with Crippen LogP contribution in [-0.4, -0.2) is 52.6 Å². The molecule has 23 heavy (non-hydrogen) atoms. The van der Waals surface area contributed by atoms with E-state index in [9.17, 15) is 14.4 Å². The molecule has 1 heterocycles. The number of thioether (sulfide) groups is 1. The summed E-state index contributed by atoms with van der Waals surface area (Å²) >= 11 is 1.52. The minimum atomic E-state index is -1.08. The number of carbonyl (C=O) groups is 3. The molecule has 1 unspecified atom stereocenters. The molecule has 1 aliphatic rings. The van der Waals surface area contributed by atoms with Crippen molar-refractivity contribution in [1.82, 2.24) is 4.90 Å². The SMILES string of the molecule is CCC(=O)N1CSCC1C(=O)Nc1ccc(C(=O)O)cc1OC. The lowest BCUT2D eigenvalue weighted by Crippen LogP contribution is -2.44. The maximum Gasteiger partial charge on any atom is 0.335 e. The Kier molecular flexibility index (Phi) is 5.49. The molecule has 0 aromatic heterocycles. The molecular weight excluding hydrogens is 320 g/mol. The van der Waals surface area contributed by atoms with Crippen molar-refractivity contribution in [2.75, 3.05) is 24.1 Å². The fraction of sp³-hybridized carbons (Fsp3) is 0.400. The third-order valence-electron chi connectivity index (χ3n) is 3.51. The monoisotopic (exact) mass is 338 g/mol. The van der Waals surface area contributed by atoms with Crippen LogP contribution in [0.1, 0.15) is 23.7 Å². The van der Waals surface area contributed by atoms with Gasteiger partial charge < -0.3 is 20.1 Å². The van der Waals surface area contributed by atoms with Crippen molar-refractivity contribution >= 4 is 35.2 Å². The van der Waals surface area contributed by atoms with Crippen LogP contribution in [0.2, 0.25) is 0 Å². The summed E-state index contributed by atoms with van der Waals surface area (Å²) in [6.45, 7) is 1.76. The summed E-state index contributed by atoms with van der Waals surface area (Å²) in [5.74, 6) is -0.153. The molecule has 1 aliphatic heterocycles. The van der Waals surface area contributed by atoms with Gasteiger partial charge in [0.1, 0.15) is 11.8 Å². The zero-order valence-electron chi connectivity index (χ0n) is 12.9. The van der Waals surface area contributed by atoms with Gasteiger partial charge in [0.15, 0.2) is 0 Å². The van der Waals surface area contributed by atoms with E-state index in [1.807, 2.05) is 0 Å². The van der Waals surface area contributed by atoms with Gasteiger partial charge in [-0.15, -0.1) is 11.8 Å². The third-order valence-corrected chi connectivity index (χ3v) is 4.53. The molecule has 2 N–H and O–H groups in total. The molecular formula is C15H18N2O5S. The number of carboxylic acids is 1. The highest BCUT2D eigenvalue weighted by atomic mass is 32.2. The first-order valence-corrected chi connectivity index (χ1v) is 8.22. The van der Waals surface area contributed by atoms with Gasteiger partial charge in [0.05, 0.1) is 24.2 Å². The maximum absolute atomic E-state index is 12.4. The lowest BCUT2D eigenvalue weighted by molar-refractivity contribution is -0.135. The van der Waals surface area contributed by atoms with Crippen LogP contribution in [0.25, 0.3) is 0 Å². The zero-order chi connectivity index (χ0) is 17.0. The highest BCUT2D eigenvalue weighted by Gasteiger charge is 2.34. The van der Waals surface area contributed by atoms with Crippen LogP contribution < -0.4 is 10.1 Å². The molecule has 0 aliphatic carbocycles. The van der Waals surface area contributed by atoms with Gasteiger partial charge in [-0.3, -0.25) is 9.59 Å². The number of hydrogen-bond acceptors (Lipinski definition) is 5. The molecule has 2 rings (SSSR count). The Labute approximate surface area is 138 Å². The average molecular weight is 338 g/mol. The number of carboxylic acid groups (broad SMARTS) is 1. The Balaban J connectivity index is 2.16. The number of methoxy groups -OCH3 is 1. The fourth-order valence-corrected chi connectivity index (χ4v) is 3.43. The van der Waals surface area contributed by atoms with E-state index in [0.29, 0.717) is 23.7 Å². The predicted molar refractivity (Wildman–Crippen MR) is 86.8 cm³/mol. The first kappa shape index (κ1) is 17.1. The number of benzene rings is 1. The lowest BCUT2D eigenvalue weighted by atomic mass is 10.1. The van der Waals surface area contributed by atoms with Crippen molar-refractivity contribution in [2.24, 2.45) is 0 Å². The second-order valence-corrected chi connectivity index (χ2v) is 5.94. The summed E-state index contributed by atoms with van der Waals surface area (Å²) in [7, 11) is 1.40. The first-order valence-electron chi connectivity index (χ1n) is 7.07. The maximum atomic E-state index is 12.4. The first-order chi connectivity index (χ1) is 11.0. The van der Waals surface area contributed by atoms with E-state index < -0.39 is 12.0 Å². The van der Waals surface area contributed by atoms with Gasteiger partial charge in [-0.05, 0) is 18.2 Å². The number of amides is 2. The lowest BCUT2D eigenvalue weighted by Gasteiger charge is -2.23. The van der Waals surface area contributed by atoms with Gasteiger partial charge in [0.25, 0.3) is 0 Å². The van der Waals surface area contributed by atoms with Crippen LogP contribution in [0.15, 0.2) is 18.2 Å². The van der Waals surface area contributed by atoms with Gasteiger partial charge >= 0.3 is 5.97 Å². The quantitative estimate of drug-likeness (QED) is 0.847. The van der Waals surface area contributed by atoms with Gasteiger partial charge in [-0.1, -0.05) is 6.92 Å². The van der Waals surface area contributed by atoms with Crippen LogP contribution in [0.5, 0.6) is 5.75 Å². The summed E-state index contributed by atoms with van der Waals surface area (Å²) in [5.41, 5.74) is 0.447. The molecule has 1 saturated heterocycles. The van der Waals surface area contributed by atoms with Crippen LogP contribution in [0.3, 0.4) is 0 Å². The second kappa shape index (κ2) is 7.36. The molecule has 0 bridgehead atoms. The van der Waals surface area contributed by atoms with Gasteiger partial charge in [-0.2, -0.15) is 0 Å². The number of hydrogen-bond donors (Lipinski definition) is 2. The molecule has 7 nitrogen and oxygen atoms in total. The van der Waals surface area contributed by atoms with Crippen molar-refractivity contribution < 1.29 is 24.2 Å². The minimum absolute atomic E-state index is 0.0664. The minimum Gasteiger partial charge on any atom is -0.495 e. The molecule has 1 atom stereocenters. The molecule has 124 valence electrons. The Morgan fingerprint density at radius 3 is 2.78 bits per heavy atom. The van der Waals surface area contributed by atoms with E-state index in [4.69, 9.17) is 9.84 Å². The molecule has 8 heteroatoms. The van der Waals surface area contributed by atoms with Crippen molar-refractivity contribution in [2.45, 2.75) is 19.4 Å². The van der Waals surface area contributed by atoms with Gasteiger partial charge in [-0.25, -0.2) is 4.79 Å². The number of nitrogens with one attached hydrogen (secondary N) is 1. The molecule has 1 fully saturated rings. The normalized spacial score (nSPS) is 17.0. The van der Waals surface area contributed by atoms with Crippen molar-refractivity contribution in [3.8, 4) is 5.75 Å². The Morgan fingerprint density at radius 2 is 2.17 bits per heavy atom. The van der Waals surface area contributed by atoms with Gasteiger partial charge in [0.2, 0.25) is 11.8 Å². The summed E-state index contributed by atoms with van der Waals surface area (Å²) in [5, 5.41) is 11.7. The predicted octanol–water partition coefficient (Wildman–Crippen LogP) is 1.64. The molecule has 0 saturated carbocycles. The Morgan fingerprint density at radius 1 is 1.43 bits per heavy atom. The molecule has 1 aromatic rings. The van der Waals surface area contributed by atoms with E-state index >= 15 is 0 Å². The topological polar surface area (TPSA) is 95.9 Å². The Bertz CT molecular complexity index is 634. The van der Waals surface area contributed by atoms with Crippen LogP contribution >= 0.6 is 11.8 Å². The molecule has 1 aromatic carbocycles. The van der Waals surface area contributed by atoms with E-state index in [2.05, 4.69) is 5.32 Å². The molecule has 0 radical (unpaired) electrons. The Hall–Kier alpha value is -2.22. The van der Waals surface area contributed by atoms with Crippen molar-refractivity contribution in [1.29, 1.82) is 0 Å². The fourth-order valence-electron chi connectivity index (χ4n) is 2.25. The third kappa shape index (κ3) is 3.76. The van der Waals surface area contributed by atoms with Crippen molar-refractivity contribution in [3.63, 3.8) is 0 Å². The van der Waals surface area contributed by atoms with E-state index in [1.54, 1.807) is 11.8 Å². The molecule has 0 spiro atoms. The molecule has 2 amide bonds. The number of ether oxygens (including phenoxy) is 1. The zero-order valence-corrected chi connectivity index (χ0v) is 13.7. The number of aromatic carboxylic acids is 1. The van der Waals surface area contributed by atoms with Crippen molar-refractivity contribution in [3.05, 3.63) is 23.8 Å². The van der Waals surface area contributed by atoms with E-state index in [-0.39, 0.29) is 23.1 Å². The summed E-state index contributed by atoms with van der Waals surface area (Å²) < 4.78 is 5.13. The van der Waals surface area contributed by atoms with Crippen LogP contribution in [0, 0.1) is 0 Å². The average Bonchev–Trinajstić information content (AvgIpc) is 3.03. The number of anilines is 1. The van der Waals surface area contributed by atoms with Gasteiger partial charge in [0, 0.05) is 12.2 Å². The highest BCUT2D eigenvalue weighted by molar-refractivity contribution is 7.99. The standard InChI is InChI=1S/C15H18N2O5S/c1-3-13(18)17-8-23-7-11(17)14(19)16-10-5-4-9(15(20)21)6-12(10)22-2/h4-6,11H,3,7-8H2,1-2H3,(H,16,19)(H,20,21). The number of rotatable bonds is 5. The smallest absolute Gasteiger partial charge is 0.335 e. The van der Waals surface area contributed by atoms with E-state index in [0.717, 1.165) is 0 Å². The largest absolute Gasteiger partial charge is 0.495 e. The second-order valence-electron chi connectivity index (χ2n) is 4.94. The number of nitrogens with zero attached hydrogens (tertiary/aromatic N) is 1. The summed E-state index contributed by atoms with van der Waals surface area (Å²) in [4.78, 5) is 36.8. The summed E-state index contributed by atoms with van der Waals surface area (Å²) in [6.07, 6.45) is 0.348. The van der Waals surface area contributed by atoms with Crippen LogP contribution in [-0.2, 0) is 9.59 Å². The summed E-state index contributed by atoms with van der Waals surface area (Å²) in [6, 6.07) is 3.68. The van der Waals surface area contributed by atoms with E-state index in [1.165, 1.54) is 37.1 Å². The highest BCUT2D eigenvalue weighted by Crippen LogP contribution is 2.28. The number of carbonyl (C=O) groups excluding carboxylic acids is 2.